The summed E-state index contributed by atoms with van der Waals surface area (Å²) in [5.41, 5.74) is 6.34. The molecule has 9 nitrogen and oxygen atoms in total. The molecule has 1 aromatic carbocycles. The predicted octanol–water partition coefficient (Wildman–Crippen LogP) is -0.326. The minimum atomic E-state index is -1.72. The lowest BCUT2D eigenvalue weighted by molar-refractivity contribution is -0.103. The van der Waals surface area contributed by atoms with Crippen molar-refractivity contribution in [2.45, 2.75) is 18.2 Å². The van der Waals surface area contributed by atoms with Gasteiger partial charge in [0, 0.05) is 17.7 Å². The quantitative estimate of drug-likeness (QED) is 0.384. The number of nitrogens with zero attached hydrogens (tertiary/aromatic N) is 3. The van der Waals surface area contributed by atoms with Crippen LogP contribution in [0.25, 0.3) is 0 Å². The average Bonchev–Trinajstić information content (AvgIpc) is 3.11. The SMILES string of the molecule is CCNC(=S)NN1C(=S)N(N)[C@]23OC(N)=C(C#N)[C@]12C(=O)c1ccccc13. The van der Waals surface area contributed by atoms with Crippen molar-refractivity contribution in [3.05, 3.63) is 46.8 Å². The average molecular weight is 401 g/mol. The molecule has 0 aromatic heterocycles. The number of benzene rings is 1. The fourth-order valence-corrected chi connectivity index (χ4v) is 4.54. The van der Waals surface area contributed by atoms with Crippen LogP contribution >= 0.6 is 24.4 Å². The zero-order valence-electron chi connectivity index (χ0n) is 14.1. The first kappa shape index (κ1) is 17.5. The van der Waals surface area contributed by atoms with Crippen molar-refractivity contribution in [3.8, 4) is 6.07 Å². The largest absolute Gasteiger partial charge is 0.443 e. The van der Waals surface area contributed by atoms with E-state index in [2.05, 4.69) is 10.7 Å². The lowest BCUT2D eigenvalue weighted by Gasteiger charge is -2.37. The van der Waals surface area contributed by atoms with E-state index in [4.69, 9.17) is 40.7 Å². The van der Waals surface area contributed by atoms with Crippen molar-refractivity contribution in [2.75, 3.05) is 6.54 Å². The van der Waals surface area contributed by atoms with E-state index in [-0.39, 0.29) is 21.7 Å². The van der Waals surface area contributed by atoms with Crippen LogP contribution in [0.1, 0.15) is 22.8 Å². The Morgan fingerprint density at radius 1 is 1.44 bits per heavy atom. The second kappa shape index (κ2) is 5.53. The summed E-state index contributed by atoms with van der Waals surface area (Å²) in [4.78, 5) is 13.6. The molecular formula is C16H15N7O2S2. The topological polar surface area (TPSA) is 133 Å². The molecule has 0 saturated carbocycles. The molecule has 138 valence electrons. The molecule has 6 N–H and O–H groups in total. The first-order chi connectivity index (χ1) is 12.9. The highest BCUT2D eigenvalue weighted by molar-refractivity contribution is 7.80. The van der Waals surface area contributed by atoms with Crippen LogP contribution in [0.15, 0.2) is 35.7 Å². The van der Waals surface area contributed by atoms with Crippen LogP contribution in [0.5, 0.6) is 0 Å². The zero-order valence-corrected chi connectivity index (χ0v) is 15.8. The molecule has 2 aliphatic heterocycles. The van der Waals surface area contributed by atoms with Gasteiger partial charge in [-0.25, -0.2) is 15.9 Å². The molecule has 11 heteroatoms. The van der Waals surface area contributed by atoms with Crippen LogP contribution in [0.2, 0.25) is 0 Å². The second-order valence-corrected chi connectivity index (χ2v) is 6.91. The molecule has 0 spiro atoms. The first-order valence-electron chi connectivity index (χ1n) is 8.05. The molecule has 1 aromatic rings. The number of Topliss-reactive ketones (excluding diaryl/α,β-unsaturated/α-hetero) is 1. The normalized spacial score (nSPS) is 27.7. The van der Waals surface area contributed by atoms with Crippen LogP contribution < -0.4 is 22.3 Å². The van der Waals surface area contributed by atoms with Crippen molar-refractivity contribution in [1.82, 2.24) is 20.8 Å². The summed E-state index contributed by atoms with van der Waals surface area (Å²) in [6.07, 6.45) is 0. The Bertz CT molecular complexity index is 987. The minimum Gasteiger partial charge on any atom is -0.443 e. The molecule has 0 unspecified atom stereocenters. The van der Waals surface area contributed by atoms with Gasteiger partial charge < -0.3 is 15.8 Å². The van der Waals surface area contributed by atoms with Gasteiger partial charge >= 0.3 is 0 Å². The predicted molar refractivity (Wildman–Crippen MR) is 103 cm³/mol. The highest BCUT2D eigenvalue weighted by Gasteiger charge is 2.82. The lowest BCUT2D eigenvalue weighted by Crippen LogP contribution is -2.64. The fraction of sp³-hybridized carbons (Fsp3) is 0.250. The number of carbonyl (C=O) groups is 1. The molecule has 0 bridgehead atoms. The third-order valence-corrected chi connectivity index (χ3v) is 5.57. The lowest BCUT2D eigenvalue weighted by atomic mass is 9.82. The number of fused-ring (bicyclic) bond motifs is 1. The Hall–Kier alpha value is -2.94. The van der Waals surface area contributed by atoms with Gasteiger partial charge in [-0.15, -0.1) is 0 Å². The van der Waals surface area contributed by atoms with Crippen molar-refractivity contribution < 1.29 is 9.53 Å². The van der Waals surface area contributed by atoms with E-state index >= 15 is 0 Å². The molecule has 0 amide bonds. The van der Waals surface area contributed by atoms with E-state index < -0.39 is 17.0 Å². The second-order valence-electron chi connectivity index (χ2n) is 6.14. The monoisotopic (exact) mass is 401 g/mol. The first-order valence-corrected chi connectivity index (χ1v) is 8.86. The molecule has 27 heavy (non-hydrogen) atoms. The van der Waals surface area contributed by atoms with Crippen molar-refractivity contribution in [1.29, 1.82) is 5.26 Å². The number of hydrazine groups is 2. The van der Waals surface area contributed by atoms with Crippen LogP contribution in [0.3, 0.4) is 0 Å². The Balaban J connectivity index is 2.02. The summed E-state index contributed by atoms with van der Waals surface area (Å²) in [7, 11) is 0. The highest BCUT2D eigenvalue weighted by atomic mass is 32.1. The summed E-state index contributed by atoms with van der Waals surface area (Å²) < 4.78 is 5.92. The van der Waals surface area contributed by atoms with Crippen LogP contribution in [-0.2, 0) is 10.5 Å². The van der Waals surface area contributed by atoms with Gasteiger partial charge in [0.15, 0.2) is 5.11 Å². The molecule has 2 atom stereocenters. The number of carbonyl (C=O) groups excluding carboxylic acids is 1. The van der Waals surface area contributed by atoms with E-state index in [1.807, 2.05) is 13.0 Å². The van der Waals surface area contributed by atoms with Crippen molar-refractivity contribution >= 4 is 40.4 Å². The summed E-state index contributed by atoms with van der Waals surface area (Å²) >= 11 is 10.7. The molecule has 1 fully saturated rings. The van der Waals surface area contributed by atoms with E-state index in [9.17, 15) is 10.1 Å². The van der Waals surface area contributed by atoms with E-state index in [0.29, 0.717) is 17.7 Å². The van der Waals surface area contributed by atoms with Gasteiger partial charge in [0.25, 0.3) is 5.72 Å². The summed E-state index contributed by atoms with van der Waals surface area (Å²) in [5, 5.41) is 15.4. The molecular weight excluding hydrogens is 386 g/mol. The molecule has 4 rings (SSSR count). The van der Waals surface area contributed by atoms with Gasteiger partial charge in [0.1, 0.15) is 11.6 Å². The summed E-state index contributed by atoms with van der Waals surface area (Å²) in [6.45, 7) is 2.41. The fourth-order valence-electron chi connectivity index (χ4n) is 3.99. The van der Waals surface area contributed by atoms with Crippen LogP contribution in [0, 0.1) is 11.3 Å². The Kier molecular flexibility index (Phi) is 3.58. The minimum absolute atomic E-state index is 0.0401. The van der Waals surface area contributed by atoms with Crippen molar-refractivity contribution in [2.24, 2.45) is 11.6 Å². The van der Waals surface area contributed by atoms with Crippen LogP contribution in [-0.4, -0.2) is 38.1 Å². The van der Waals surface area contributed by atoms with Gasteiger partial charge in [0.05, 0.1) is 0 Å². The van der Waals surface area contributed by atoms with Crippen molar-refractivity contribution in [3.63, 3.8) is 0 Å². The number of ether oxygens (including phenoxy) is 1. The maximum atomic E-state index is 13.6. The number of hydrogen-bond acceptors (Lipinski definition) is 7. The maximum Gasteiger partial charge on any atom is 0.264 e. The molecule has 2 heterocycles. The molecule has 3 aliphatic rings. The highest BCUT2D eigenvalue weighted by Crippen LogP contribution is 2.62. The molecule has 1 saturated heterocycles. The number of nitriles is 1. The van der Waals surface area contributed by atoms with E-state index in [0.717, 1.165) is 5.01 Å². The standard InChI is InChI=1S/C16H15N7O2S2/c1-2-20-13(26)21-23-14(27)22(19)16-9-6-4-3-5-8(9)11(24)15(16,23)10(7-17)12(18)25-16/h3-6H,2,18-19H2,1H3,(H2,20,21,26)/t15-,16-/m1/s1. The van der Waals surface area contributed by atoms with Gasteiger partial charge in [-0.2, -0.15) is 5.26 Å². The molecule has 0 radical (unpaired) electrons. The van der Waals surface area contributed by atoms with Crippen LogP contribution in [0.4, 0.5) is 0 Å². The molecule has 1 aliphatic carbocycles. The number of rotatable bonds is 2. The number of ketones is 1. The number of nitrogens with two attached hydrogens (primary N) is 2. The van der Waals surface area contributed by atoms with Gasteiger partial charge in [0.2, 0.25) is 22.3 Å². The maximum absolute atomic E-state index is 13.6. The Morgan fingerprint density at radius 3 is 2.81 bits per heavy atom. The van der Waals surface area contributed by atoms with E-state index in [1.165, 1.54) is 5.01 Å². The zero-order chi connectivity index (χ0) is 19.6. The number of hydrogen-bond donors (Lipinski definition) is 4. The van der Waals surface area contributed by atoms with Gasteiger partial charge in [-0.1, -0.05) is 24.3 Å². The summed E-state index contributed by atoms with van der Waals surface area (Å²) in [5.74, 6) is 5.72. The Morgan fingerprint density at radius 2 is 2.15 bits per heavy atom. The summed E-state index contributed by atoms with van der Waals surface area (Å²) in [6, 6.07) is 8.83. The number of thiocarbonyl (C=S) groups is 2. The van der Waals surface area contributed by atoms with Gasteiger partial charge in [-0.05, 0) is 31.4 Å². The van der Waals surface area contributed by atoms with Gasteiger partial charge in [-0.3, -0.25) is 10.2 Å². The Labute approximate surface area is 165 Å². The smallest absolute Gasteiger partial charge is 0.264 e. The third-order valence-electron chi connectivity index (χ3n) is 4.96. The third kappa shape index (κ3) is 1.72. The number of nitrogens with one attached hydrogen (secondary N) is 2. The van der Waals surface area contributed by atoms with E-state index in [1.54, 1.807) is 24.3 Å².